The smallest absolute Gasteiger partial charge is 0.0312 e. The third kappa shape index (κ3) is 3.83. The van der Waals surface area contributed by atoms with Crippen LogP contribution in [0.15, 0.2) is 24.5 Å². The van der Waals surface area contributed by atoms with Gasteiger partial charge in [-0.25, -0.2) is 0 Å². The second kappa shape index (κ2) is 6.45. The van der Waals surface area contributed by atoms with E-state index in [1.54, 1.807) is 0 Å². The Kier molecular flexibility index (Phi) is 4.60. The molecule has 1 saturated carbocycles. The Morgan fingerprint density at radius 2 is 2.10 bits per heavy atom. The van der Waals surface area contributed by atoms with Crippen LogP contribution < -0.4 is 5.32 Å². The molecular weight excluding hydrogens is 258 g/mol. The van der Waals surface area contributed by atoms with Gasteiger partial charge in [0.25, 0.3) is 0 Å². The summed E-state index contributed by atoms with van der Waals surface area (Å²) in [5.41, 5.74) is 1.56. The normalized spacial score (nSPS) is 27.6. The molecule has 0 spiro atoms. The van der Waals surface area contributed by atoms with E-state index in [9.17, 15) is 0 Å². The SMILES string of the molecule is CC1(C)CN(Cc2cccnc2)C(C2CCCCC2)CN1. The zero-order chi connectivity index (χ0) is 14.7. The molecule has 2 aliphatic rings. The fourth-order valence-electron chi connectivity index (χ4n) is 4.07. The molecule has 2 fully saturated rings. The number of aromatic nitrogens is 1. The molecule has 3 nitrogen and oxygen atoms in total. The van der Waals surface area contributed by atoms with Crippen molar-refractivity contribution in [3.63, 3.8) is 0 Å². The lowest BCUT2D eigenvalue weighted by atomic mass is 9.81. The number of piperazine rings is 1. The van der Waals surface area contributed by atoms with E-state index in [-0.39, 0.29) is 5.54 Å². The molecule has 0 amide bonds. The van der Waals surface area contributed by atoms with Gasteiger partial charge in [-0.15, -0.1) is 0 Å². The molecule has 1 unspecified atom stereocenters. The summed E-state index contributed by atoms with van der Waals surface area (Å²) in [5, 5.41) is 3.76. The molecular formula is C18H29N3. The minimum atomic E-state index is 0.216. The third-order valence-corrected chi connectivity index (χ3v) is 5.16. The first-order chi connectivity index (χ1) is 10.1. The van der Waals surface area contributed by atoms with Crippen molar-refractivity contribution in [1.82, 2.24) is 15.2 Å². The molecule has 0 radical (unpaired) electrons. The molecule has 3 heteroatoms. The highest BCUT2D eigenvalue weighted by molar-refractivity contribution is 5.10. The van der Waals surface area contributed by atoms with Gasteiger partial charge in [0.2, 0.25) is 0 Å². The first-order valence-corrected chi connectivity index (χ1v) is 8.52. The molecule has 1 aliphatic heterocycles. The molecule has 21 heavy (non-hydrogen) atoms. The highest BCUT2D eigenvalue weighted by Gasteiger charge is 2.36. The van der Waals surface area contributed by atoms with E-state index in [2.05, 4.69) is 41.2 Å². The van der Waals surface area contributed by atoms with E-state index < -0.39 is 0 Å². The van der Waals surface area contributed by atoms with Crippen LogP contribution in [0.5, 0.6) is 0 Å². The quantitative estimate of drug-likeness (QED) is 0.925. The van der Waals surface area contributed by atoms with Gasteiger partial charge in [0.1, 0.15) is 0 Å². The van der Waals surface area contributed by atoms with E-state index in [4.69, 9.17) is 0 Å². The lowest BCUT2D eigenvalue weighted by Crippen LogP contribution is -2.63. The van der Waals surface area contributed by atoms with Crippen LogP contribution in [0, 0.1) is 5.92 Å². The highest BCUT2D eigenvalue weighted by Crippen LogP contribution is 2.32. The summed E-state index contributed by atoms with van der Waals surface area (Å²) in [6, 6.07) is 4.96. The summed E-state index contributed by atoms with van der Waals surface area (Å²) < 4.78 is 0. The highest BCUT2D eigenvalue weighted by atomic mass is 15.3. The van der Waals surface area contributed by atoms with Crippen molar-refractivity contribution in [1.29, 1.82) is 0 Å². The summed E-state index contributed by atoms with van der Waals surface area (Å²) in [6.45, 7) is 7.95. The van der Waals surface area contributed by atoms with Crippen molar-refractivity contribution in [2.45, 2.75) is 64.1 Å². The second-order valence-electron chi connectivity index (χ2n) is 7.50. The van der Waals surface area contributed by atoms with E-state index in [0.717, 1.165) is 25.6 Å². The van der Waals surface area contributed by atoms with Gasteiger partial charge < -0.3 is 5.32 Å². The molecule has 1 N–H and O–H groups in total. The van der Waals surface area contributed by atoms with Crippen molar-refractivity contribution in [3.05, 3.63) is 30.1 Å². The van der Waals surface area contributed by atoms with Gasteiger partial charge in [-0.2, -0.15) is 0 Å². The first kappa shape index (κ1) is 15.0. The Balaban J connectivity index is 1.73. The maximum absolute atomic E-state index is 4.28. The average Bonchev–Trinajstić information content (AvgIpc) is 2.48. The van der Waals surface area contributed by atoms with E-state index in [0.29, 0.717) is 6.04 Å². The van der Waals surface area contributed by atoms with Crippen LogP contribution in [0.1, 0.15) is 51.5 Å². The first-order valence-electron chi connectivity index (χ1n) is 8.52. The molecule has 1 aliphatic carbocycles. The summed E-state index contributed by atoms with van der Waals surface area (Å²) >= 11 is 0. The predicted molar refractivity (Wildman–Crippen MR) is 87.1 cm³/mol. The molecule has 2 heterocycles. The standard InChI is InChI=1S/C18H29N3/c1-18(2)14-21(13-15-7-6-10-19-11-15)17(12-20-18)16-8-4-3-5-9-16/h6-7,10-11,16-17,20H,3-5,8-9,12-14H2,1-2H3. The van der Waals surface area contributed by atoms with E-state index in [1.165, 1.54) is 37.7 Å². The van der Waals surface area contributed by atoms with Gasteiger partial charge in [-0.1, -0.05) is 25.3 Å². The fourth-order valence-corrected chi connectivity index (χ4v) is 4.07. The lowest BCUT2D eigenvalue weighted by Gasteiger charge is -2.48. The minimum Gasteiger partial charge on any atom is -0.309 e. The van der Waals surface area contributed by atoms with Gasteiger partial charge >= 0.3 is 0 Å². The molecule has 0 aromatic carbocycles. The minimum absolute atomic E-state index is 0.216. The van der Waals surface area contributed by atoms with Crippen LogP contribution in [0.4, 0.5) is 0 Å². The van der Waals surface area contributed by atoms with E-state index in [1.807, 2.05) is 12.4 Å². The largest absolute Gasteiger partial charge is 0.309 e. The van der Waals surface area contributed by atoms with Crippen LogP contribution in [-0.2, 0) is 6.54 Å². The van der Waals surface area contributed by atoms with Gasteiger partial charge in [0.15, 0.2) is 0 Å². The molecule has 1 atom stereocenters. The van der Waals surface area contributed by atoms with E-state index >= 15 is 0 Å². The average molecular weight is 287 g/mol. The van der Waals surface area contributed by atoms with Crippen LogP contribution in [0.25, 0.3) is 0 Å². The van der Waals surface area contributed by atoms with Crippen molar-refractivity contribution in [2.75, 3.05) is 13.1 Å². The Morgan fingerprint density at radius 1 is 1.29 bits per heavy atom. The molecule has 1 aromatic heterocycles. The van der Waals surface area contributed by atoms with Crippen LogP contribution >= 0.6 is 0 Å². The Morgan fingerprint density at radius 3 is 2.81 bits per heavy atom. The van der Waals surface area contributed by atoms with Crippen LogP contribution in [-0.4, -0.2) is 34.6 Å². The molecule has 116 valence electrons. The van der Waals surface area contributed by atoms with Crippen molar-refractivity contribution in [3.8, 4) is 0 Å². The molecule has 1 saturated heterocycles. The topological polar surface area (TPSA) is 28.2 Å². The number of pyridine rings is 1. The summed E-state index contributed by atoms with van der Waals surface area (Å²) in [6.07, 6.45) is 11.0. The second-order valence-corrected chi connectivity index (χ2v) is 7.50. The Bertz CT molecular complexity index is 437. The van der Waals surface area contributed by atoms with Crippen molar-refractivity contribution >= 4 is 0 Å². The van der Waals surface area contributed by atoms with Crippen LogP contribution in [0.3, 0.4) is 0 Å². The van der Waals surface area contributed by atoms with Gasteiger partial charge in [-0.05, 0) is 44.2 Å². The molecule has 1 aromatic rings. The third-order valence-electron chi connectivity index (χ3n) is 5.16. The zero-order valence-corrected chi connectivity index (χ0v) is 13.5. The van der Waals surface area contributed by atoms with Crippen molar-refractivity contribution in [2.24, 2.45) is 5.92 Å². The predicted octanol–water partition coefficient (Wildman–Crippen LogP) is 3.21. The lowest BCUT2D eigenvalue weighted by molar-refractivity contribution is 0.0418. The number of nitrogens with zero attached hydrogens (tertiary/aromatic N) is 2. The summed E-state index contributed by atoms with van der Waals surface area (Å²) in [4.78, 5) is 6.99. The summed E-state index contributed by atoms with van der Waals surface area (Å²) in [5.74, 6) is 0.874. The Hall–Kier alpha value is -0.930. The fraction of sp³-hybridized carbons (Fsp3) is 0.722. The Labute approximate surface area is 129 Å². The maximum atomic E-state index is 4.28. The van der Waals surface area contributed by atoms with Gasteiger partial charge in [0, 0.05) is 43.6 Å². The number of hydrogen-bond acceptors (Lipinski definition) is 3. The van der Waals surface area contributed by atoms with Gasteiger partial charge in [0.05, 0.1) is 0 Å². The number of rotatable bonds is 3. The molecule has 3 rings (SSSR count). The number of nitrogens with one attached hydrogen (secondary N) is 1. The number of hydrogen-bond donors (Lipinski definition) is 1. The van der Waals surface area contributed by atoms with Crippen molar-refractivity contribution < 1.29 is 0 Å². The summed E-state index contributed by atoms with van der Waals surface area (Å²) in [7, 11) is 0. The molecule has 0 bridgehead atoms. The monoisotopic (exact) mass is 287 g/mol. The van der Waals surface area contributed by atoms with Gasteiger partial charge in [-0.3, -0.25) is 9.88 Å². The van der Waals surface area contributed by atoms with Crippen LogP contribution in [0.2, 0.25) is 0 Å². The zero-order valence-electron chi connectivity index (χ0n) is 13.5. The maximum Gasteiger partial charge on any atom is 0.0312 e.